The van der Waals surface area contributed by atoms with E-state index in [1.165, 1.54) is 24.5 Å². The van der Waals surface area contributed by atoms with Gasteiger partial charge in [-0.3, -0.25) is 9.78 Å². The first-order valence-corrected chi connectivity index (χ1v) is 9.60. The molecule has 0 spiro atoms. The summed E-state index contributed by atoms with van der Waals surface area (Å²) >= 11 is 0. The third-order valence-electron chi connectivity index (χ3n) is 4.92. The molecule has 0 saturated heterocycles. The molecule has 10 heteroatoms. The fraction of sp³-hybridized carbons (Fsp3) is 0.450. The van der Waals surface area contributed by atoms with Crippen molar-refractivity contribution in [2.45, 2.75) is 58.7 Å². The molecule has 0 aromatic heterocycles. The largest absolute Gasteiger partial charge is 0.416 e. The summed E-state index contributed by atoms with van der Waals surface area (Å²) in [6, 6.07) is 2.27. The van der Waals surface area contributed by atoms with Crippen LogP contribution in [0.4, 0.5) is 13.2 Å². The molecule has 30 heavy (non-hydrogen) atoms. The molecule has 2 heterocycles. The Balaban J connectivity index is 2.08. The van der Waals surface area contributed by atoms with Crippen molar-refractivity contribution in [2.75, 3.05) is 0 Å². The number of benzene rings is 1. The topological polar surface area (TPSA) is 97.7 Å². The van der Waals surface area contributed by atoms with Crippen molar-refractivity contribution in [3.8, 4) is 11.5 Å². The van der Waals surface area contributed by atoms with Gasteiger partial charge in [0, 0.05) is 13.0 Å². The molecule has 0 atom stereocenters. The number of alkyl halides is 3. The number of H-pyrrole nitrogens is 1. The first-order valence-electron chi connectivity index (χ1n) is 9.60. The molecule has 1 aromatic carbocycles. The Morgan fingerprint density at radius 3 is 2.47 bits per heavy atom. The number of aromatic nitrogens is 4. The maximum atomic E-state index is 13.4. The first-order chi connectivity index (χ1) is 14.1. The van der Waals surface area contributed by atoms with Crippen molar-refractivity contribution >= 4 is 16.8 Å². The van der Waals surface area contributed by atoms with Crippen LogP contribution in [0.1, 0.15) is 50.2 Å². The van der Waals surface area contributed by atoms with Gasteiger partial charge in [-0.15, -0.1) is 0 Å². The van der Waals surface area contributed by atoms with Crippen LogP contribution in [0.25, 0.3) is 22.6 Å². The van der Waals surface area contributed by atoms with E-state index in [9.17, 15) is 27.6 Å². The number of nitrogens with one attached hydrogen (secondary N) is 1. The van der Waals surface area contributed by atoms with Crippen LogP contribution in [0.15, 0.2) is 21.7 Å². The van der Waals surface area contributed by atoms with Crippen LogP contribution in [0.3, 0.4) is 0 Å². The number of carbonyl (C=O) groups is 1. The summed E-state index contributed by atoms with van der Waals surface area (Å²) in [5, 5.41) is 0. The van der Waals surface area contributed by atoms with Crippen LogP contribution in [-0.2, 0) is 17.5 Å². The predicted molar refractivity (Wildman–Crippen MR) is 105 cm³/mol. The van der Waals surface area contributed by atoms with E-state index in [1.54, 1.807) is 0 Å². The van der Waals surface area contributed by atoms with Gasteiger partial charge in [0.2, 0.25) is 0 Å². The number of fused-ring (bicyclic) bond motifs is 2. The van der Waals surface area contributed by atoms with Gasteiger partial charge in [0.1, 0.15) is 5.78 Å². The van der Waals surface area contributed by atoms with Crippen molar-refractivity contribution in [1.82, 2.24) is 19.5 Å². The minimum atomic E-state index is -4.55. The number of hydrogen-bond acceptors (Lipinski definition) is 5. The molecule has 0 aliphatic carbocycles. The van der Waals surface area contributed by atoms with Crippen molar-refractivity contribution in [3.63, 3.8) is 0 Å². The number of hydrogen-bond donors (Lipinski definition) is 1. The van der Waals surface area contributed by atoms with E-state index >= 15 is 0 Å². The molecule has 1 N–H and O–H groups in total. The second-order valence-electron chi connectivity index (χ2n) is 7.33. The van der Waals surface area contributed by atoms with Gasteiger partial charge in [0.05, 0.1) is 16.6 Å². The minimum absolute atomic E-state index is 0.0116. The van der Waals surface area contributed by atoms with Gasteiger partial charge in [-0.1, -0.05) is 12.8 Å². The molecule has 2 aliphatic rings. The number of aryl methyl sites for hydroxylation is 2. The number of unbranched alkanes of at least 4 members (excludes halogenated alkanes) is 3. The summed E-state index contributed by atoms with van der Waals surface area (Å²) in [5.74, 6) is 0.0638. The molecule has 2 aliphatic heterocycles. The molecule has 0 bridgehead atoms. The Morgan fingerprint density at radius 1 is 1.10 bits per heavy atom. The van der Waals surface area contributed by atoms with Gasteiger partial charge in [-0.2, -0.15) is 18.2 Å². The van der Waals surface area contributed by atoms with Crippen LogP contribution in [0, 0.1) is 6.92 Å². The summed E-state index contributed by atoms with van der Waals surface area (Å²) in [4.78, 5) is 45.0. The van der Waals surface area contributed by atoms with Crippen LogP contribution >= 0.6 is 0 Å². The van der Waals surface area contributed by atoms with E-state index in [0.717, 1.165) is 25.3 Å². The number of ketones is 1. The number of rotatable bonds is 7. The first kappa shape index (κ1) is 21.7. The highest BCUT2D eigenvalue weighted by Gasteiger charge is 2.33. The van der Waals surface area contributed by atoms with E-state index in [0.29, 0.717) is 12.8 Å². The van der Waals surface area contributed by atoms with Crippen molar-refractivity contribution < 1.29 is 18.0 Å². The number of carbonyl (C=O) groups excluding carboxylic acids is 1. The Morgan fingerprint density at radius 2 is 1.80 bits per heavy atom. The third kappa shape index (κ3) is 4.58. The van der Waals surface area contributed by atoms with Crippen LogP contribution in [0.2, 0.25) is 0 Å². The number of aromatic amines is 1. The number of nitrogens with zero attached hydrogens (tertiary/aromatic N) is 3. The summed E-state index contributed by atoms with van der Waals surface area (Å²) in [7, 11) is 0. The lowest BCUT2D eigenvalue weighted by atomic mass is 10.1. The minimum Gasteiger partial charge on any atom is -0.322 e. The van der Waals surface area contributed by atoms with Gasteiger partial charge in [0.25, 0.3) is 5.56 Å². The van der Waals surface area contributed by atoms with Crippen LogP contribution in [-0.4, -0.2) is 25.3 Å². The molecule has 0 radical (unpaired) electrons. The van der Waals surface area contributed by atoms with Gasteiger partial charge in [0.15, 0.2) is 11.5 Å². The lowest BCUT2D eigenvalue weighted by Gasteiger charge is -2.19. The van der Waals surface area contributed by atoms with Crippen molar-refractivity contribution in [1.29, 1.82) is 0 Å². The summed E-state index contributed by atoms with van der Waals surface area (Å²) < 4.78 is 41.7. The highest BCUT2D eigenvalue weighted by molar-refractivity contribution is 5.81. The Hall–Kier alpha value is -3.04. The zero-order valence-electron chi connectivity index (χ0n) is 16.6. The molecule has 0 saturated carbocycles. The molecule has 0 fully saturated rings. The SMILES string of the molecule is CC(=O)CCCCCCn1c2nc(=O)[nH]c(=O)c-2nc2cc(C)c(C(F)(F)F)cc21. The van der Waals surface area contributed by atoms with Crippen LogP contribution in [0.5, 0.6) is 0 Å². The quantitative estimate of drug-likeness (QED) is 0.465. The van der Waals surface area contributed by atoms with Gasteiger partial charge >= 0.3 is 11.9 Å². The molecule has 0 amide bonds. The summed E-state index contributed by atoms with van der Waals surface area (Å²) in [5.41, 5.74) is -2.16. The molecule has 1 aromatic rings. The molecule has 7 nitrogen and oxygen atoms in total. The molecule has 160 valence electrons. The molecular weight excluding hydrogens is 401 g/mol. The second-order valence-corrected chi connectivity index (χ2v) is 7.33. The Labute approximate surface area is 169 Å². The third-order valence-corrected chi connectivity index (χ3v) is 4.92. The lowest BCUT2D eigenvalue weighted by Crippen LogP contribution is -2.29. The Kier molecular flexibility index (Phi) is 6.04. The highest BCUT2D eigenvalue weighted by atomic mass is 19.4. The summed E-state index contributed by atoms with van der Waals surface area (Å²) in [6.07, 6.45) is -1.24. The van der Waals surface area contributed by atoms with E-state index in [4.69, 9.17) is 0 Å². The predicted octanol–water partition coefficient (Wildman–Crippen LogP) is 3.45. The molecular formula is C20H21F3N4O3. The molecule has 3 rings (SSSR count). The second kappa shape index (κ2) is 8.37. The Bertz CT molecular complexity index is 1180. The number of halogens is 3. The van der Waals surface area contributed by atoms with E-state index < -0.39 is 23.0 Å². The smallest absolute Gasteiger partial charge is 0.322 e. The fourth-order valence-corrected chi connectivity index (χ4v) is 3.47. The van der Waals surface area contributed by atoms with Crippen LogP contribution < -0.4 is 11.2 Å². The van der Waals surface area contributed by atoms with Crippen molar-refractivity contribution in [2.24, 2.45) is 0 Å². The fourth-order valence-electron chi connectivity index (χ4n) is 3.47. The van der Waals surface area contributed by atoms with Gasteiger partial charge in [-0.25, -0.2) is 9.78 Å². The van der Waals surface area contributed by atoms with E-state index in [2.05, 4.69) is 9.97 Å². The monoisotopic (exact) mass is 422 g/mol. The van der Waals surface area contributed by atoms with E-state index in [1.807, 2.05) is 4.98 Å². The maximum Gasteiger partial charge on any atom is 0.416 e. The van der Waals surface area contributed by atoms with Gasteiger partial charge in [-0.05, 0) is 44.4 Å². The summed E-state index contributed by atoms with van der Waals surface area (Å²) in [6.45, 7) is 3.11. The average molecular weight is 422 g/mol. The zero-order chi connectivity index (χ0) is 22.1. The highest BCUT2D eigenvalue weighted by Crippen LogP contribution is 2.35. The standard InChI is InChI=1S/C20H21F3N4O3/c1-11-9-14-15(10-13(11)20(21,22)23)27(8-6-4-3-5-7-12(2)28)17-16(24-14)18(29)26-19(30)25-17/h9-10H,3-8H2,1-2H3,(H,26,29,30). The maximum absolute atomic E-state index is 13.4. The number of Topliss-reactive ketones (excluding diaryl/α,β-unsaturated/α-hetero) is 1. The molecule has 0 unspecified atom stereocenters. The van der Waals surface area contributed by atoms with E-state index in [-0.39, 0.29) is 40.4 Å². The normalized spacial score (nSPS) is 12.0. The van der Waals surface area contributed by atoms with Crippen molar-refractivity contribution in [3.05, 3.63) is 44.1 Å². The zero-order valence-corrected chi connectivity index (χ0v) is 16.6. The lowest BCUT2D eigenvalue weighted by molar-refractivity contribution is -0.138. The average Bonchev–Trinajstić information content (AvgIpc) is 2.62. The van der Waals surface area contributed by atoms with Gasteiger partial charge < -0.3 is 9.36 Å².